The molecule has 1 aromatic carbocycles. The molecule has 1 spiro atoms. The minimum Gasteiger partial charge on any atom is -0.444 e. The van der Waals surface area contributed by atoms with Gasteiger partial charge in [0, 0.05) is 31.9 Å². The van der Waals surface area contributed by atoms with Crippen LogP contribution >= 0.6 is 0 Å². The molecule has 2 fully saturated rings. The third kappa shape index (κ3) is 4.56. The number of carbonyl (C=O) groups is 2. The zero-order chi connectivity index (χ0) is 20.5. The van der Waals surface area contributed by atoms with E-state index in [4.69, 9.17) is 10.5 Å². The van der Waals surface area contributed by atoms with E-state index in [0.717, 1.165) is 57.5 Å². The van der Waals surface area contributed by atoms with Crippen LogP contribution in [0.1, 0.15) is 56.8 Å². The lowest BCUT2D eigenvalue weighted by Crippen LogP contribution is -2.49. The maximum atomic E-state index is 14.1. The number of nitrogens with zero attached hydrogens (tertiary/aromatic N) is 2. The van der Waals surface area contributed by atoms with Crippen LogP contribution in [0.4, 0.5) is 14.9 Å². The first-order chi connectivity index (χ1) is 13.1. The number of amides is 2. The van der Waals surface area contributed by atoms with Gasteiger partial charge in [0.25, 0.3) is 5.91 Å². The summed E-state index contributed by atoms with van der Waals surface area (Å²) in [5.74, 6) is -1.32. The summed E-state index contributed by atoms with van der Waals surface area (Å²) in [5.41, 5.74) is 5.64. The molecule has 0 atom stereocenters. The Balaban J connectivity index is 1.55. The molecule has 28 heavy (non-hydrogen) atoms. The van der Waals surface area contributed by atoms with Gasteiger partial charge in [0.05, 0.1) is 5.56 Å². The minimum atomic E-state index is -0.751. The number of carbonyl (C=O) groups excluding carboxylic acids is 2. The number of benzene rings is 1. The van der Waals surface area contributed by atoms with E-state index in [2.05, 4.69) is 4.90 Å². The molecule has 0 aliphatic carbocycles. The Labute approximate surface area is 165 Å². The van der Waals surface area contributed by atoms with Crippen molar-refractivity contribution in [3.05, 3.63) is 29.6 Å². The molecule has 0 aromatic heterocycles. The first-order valence-corrected chi connectivity index (χ1v) is 9.91. The number of piperidine rings is 2. The average molecular weight is 391 g/mol. The van der Waals surface area contributed by atoms with E-state index >= 15 is 0 Å². The van der Waals surface area contributed by atoms with E-state index < -0.39 is 17.3 Å². The van der Waals surface area contributed by atoms with Gasteiger partial charge < -0.3 is 20.3 Å². The predicted molar refractivity (Wildman–Crippen MR) is 106 cm³/mol. The number of hydrogen-bond donors (Lipinski definition) is 1. The van der Waals surface area contributed by atoms with Crippen molar-refractivity contribution in [2.24, 2.45) is 11.1 Å². The van der Waals surface area contributed by atoms with Crippen LogP contribution in [0, 0.1) is 11.2 Å². The van der Waals surface area contributed by atoms with Gasteiger partial charge in [-0.1, -0.05) is 0 Å². The summed E-state index contributed by atoms with van der Waals surface area (Å²) in [4.78, 5) is 27.4. The van der Waals surface area contributed by atoms with Crippen molar-refractivity contribution in [3.8, 4) is 0 Å². The molecule has 0 saturated carbocycles. The summed E-state index contributed by atoms with van der Waals surface area (Å²) in [5, 5.41) is 0. The van der Waals surface area contributed by atoms with E-state index in [-0.39, 0.29) is 17.1 Å². The highest BCUT2D eigenvalue weighted by Gasteiger charge is 2.39. The Morgan fingerprint density at radius 2 is 1.64 bits per heavy atom. The molecule has 0 bridgehead atoms. The van der Waals surface area contributed by atoms with E-state index in [9.17, 15) is 14.0 Å². The predicted octanol–water partition coefficient (Wildman–Crippen LogP) is 3.54. The van der Waals surface area contributed by atoms with Crippen LogP contribution in [-0.2, 0) is 4.74 Å². The topological polar surface area (TPSA) is 75.9 Å². The van der Waals surface area contributed by atoms with Crippen LogP contribution in [0.2, 0.25) is 0 Å². The second-order valence-electron chi connectivity index (χ2n) is 8.98. The van der Waals surface area contributed by atoms with E-state index in [1.165, 1.54) is 12.1 Å². The quantitative estimate of drug-likeness (QED) is 0.837. The van der Waals surface area contributed by atoms with Gasteiger partial charge in [-0.3, -0.25) is 4.79 Å². The number of nitrogens with two attached hydrogens (primary N) is 1. The number of primary amides is 1. The second kappa shape index (κ2) is 7.60. The molecule has 2 aliphatic heterocycles. The van der Waals surface area contributed by atoms with Crippen molar-refractivity contribution in [1.82, 2.24) is 4.90 Å². The third-order valence-electron chi connectivity index (χ3n) is 5.88. The lowest BCUT2D eigenvalue weighted by atomic mass is 9.71. The van der Waals surface area contributed by atoms with E-state index in [1.807, 2.05) is 20.8 Å². The van der Waals surface area contributed by atoms with Gasteiger partial charge >= 0.3 is 6.09 Å². The highest BCUT2D eigenvalue weighted by molar-refractivity contribution is 5.93. The molecule has 6 nitrogen and oxygen atoms in total. The zero-order valence-corrected chi connectivity index (χ0v) is 17.0. The Bertz CT molecular complexity index is 742. The molecule has 7 heteroatoms. The first kappa shape index (κ1) is 20.4. The fourth-order valence-corrected chi connectivity index (χ4v) is 4.13. The number of halogens is 1. The number of hydrogen-bond acceptors (Lipinski definition) is 4. The second-order valence-corrected chi connectivity index (χ2v) is 8.98. The molecule has 2 amide bonds. The van der Waals surface area contributed by atoms with Crippen LogP contribution in [0.5, 0.6) is 0 Å². The monoisotopic (exact) mass is 391 g/mol. The minimum absolute atomic E-state index is 0.0771. The molecule has 2 heterocycles. The van der Waals surface area contributed by atoms with E-state index in [1.54, 1.807) is 11.0 Å². The maximum Gasteiger partial charge on any atom is 0.410 e. The Morgan fingerprint density at radius 1 is 1.07 bits per heavy atom. The fourth-order valence-electron chi connectivity index (χ4n) is 4.13. The molecule has 1 aromatic rings. The van der Waals surface area contributed by atoms with Crippen molar-refractivity contribution in [2.45, 2.75) is 52.1 Å². The Hall–Kier alpha value is -2.31. The van der Waals surface area contributed by atoms with Crippen LogP contribution in [0.3, 0.4) is 0 Å². The zero-order valence-electron chi connectivity index (χ0n) is 17.0. The molecule has 2 N–H and O–H groups in total. The average Bonchev–Trinajstić information content (AvgIpc) is 2.61. The summed E-state index contributed by atoms with van der Waals surface area (Å²) in [6.45, 7) is 8.75. The highest BCUT2D eigenvalue weighted by atomic mass is 19.1. The molecular formula is C21H30FN3O3. The van der Waals surface area contributed by atoms with Crippen molar-refractivity contribution < 1.29 is 18.7 Å². The Kier molecular flexibility index (Phi) is 5.55. The van der Waals surface area contributed by atoms with Gasteiger partial charge in [-0.2, -0.15) is 0 Å². The van der Waals surface area contributed by atoms with Crippen molar-refractivity contribution in [1.29, 1.82) is 0 Å². The van der Waals surface area contributed by atoms with Crippen LogP contribution < -0.4 is 10.6 Å². The summed E-state index contributed by atoms with van der Waals surface area (Å²) >= 11 is 0. The Morgan fingerprint density at radius 3 is 2.14 bits per heavy atom. The SMILES string of the molecule is CC(C)(C)OC(=O)N1CCC2(CC1)CCN(c1ccc(C(N)=O)c(F)c1)CC2. The van der Waals surface area contributed by atoms with Gasteiger partial charge in [0.1, 0.15) is 11.4 Å². The fraction of sp³-hybridized carbons (Fsp3) is 0.619. The van der Waals surface area contributed by atoms with Gasteiger partial charge in [0.2, 0.25) is 0 Å². The summed E-state index contributed by atoms with van der Waals surface area (Å²) in [7, 11) is 0. The van der Waals surface area contributed by atoms with Crippen LogP contribution in [-0.4, -0.2) is 48.7 Å². The number of anilines is 1. The molecule has 0 radical (unpaired) electrons. The van der Waals surface area contributed by atoms with Gasteiger partial charge in [-0.15, -0.1) is 0 Å². The van der Waals surface area contributed by atoms with E-state index in [0.29, 0.717) is 0 Å². The van der Waals surface area contributed by atoms with Gasteiger partial charge in [0.15, 0.2) is 0 Å². The van der Waals surface area contributed by atoms with Crippen LogP contribution in [0.15, 0.2) is 18.2 Å². The van der Waals surface area contributed by atoms with Gasteiger partial charge in [-0.25, -0.2) is 9.18 Å². The molecule has 2 saturated heterocycles. The summed E-state index contributed by atoms with van der Waals surface area (Å²) in [6, 6.07) is 4.60. The van der Waals surface area contributed by atoms with Crippen molar-refractivity contribution in [2.75, 3.05) is 31.1 Å². The van der Waals surface area contributed by atoms with Crippen LogP contribution in [0.25, 0.3) is 0 Å². The third-order valence-corrected chi connectivity index (χ3v) is 5.88. The summed E-state index contributed by atoms with van der Waals surface area (Å²) in [6.07, 6.45) is 3.72. The summed E-state index contributed by atoms with van der Waals surface area (Å²) < 4.78 is 19.5. The van der Waals surface area contributed by atoms with Crippen molar-refractivity contribution >= 4 is 17.7 Å². The molecular weight excluding hydrogens is 361 g/mol. The number of ether oxygens (including phenoxy) is 1. The number of rotatable bonds is 2. The highest BCUT2D eigenvalue weighted by Crippen LogP contribution is 2.42. The van der Waals surface area contributed by atoms with Crippen molar-refractivity contribution in [3.63, 3.8) is 0 Å². The molecule has 0 unspecified atom stereocenters. The smallest absolute Gasteiger partial charge is 0.410 e. The molecule has 154 valence electrons. The molecule has 2 aliphatic rings. The molecule has 3 rings (SSSR count). The lowest BCUT2D eigenvalue weighted by molar-refractivity contribution is 0.00665. The largest absolute Gasteiger partial charge is 0.444 e. The maximum absolute atomic E-state index is 14.1. The standard InChI is InChI=1S/C21H30FN3O3/c1-20(2,3)28-19(27)25-12-8-21(9-13-25)6-10-24(11-7-21)15-4-5-16(18(23)26)17(22)14-15/h4-5,14H,6-13H2,1-3H3,(H2,23,26). The van der Waals surface area contributed by atoms with Gasteiger partial charge in [-0.05, 0) is 70.1 Å². The normalized spacial score (nSPS) is 19.6. The number of likely N-dealkylation sites (tertiary alicyclic amines) is 1. The lowest BCUT2D eigenvalue weighted by Gasteiger charge is -2.47. The first-order valence-electron chi connectivity index (χ1n) is 9.91.